The molecule has 2 aromatic heterocycles. The summed E-state index contributed by atoms with van der Waals surface area (Å²) in [5.41, 5.74) is 1.80. The molecule has 0 aliphatic heterocycles. The predicted molar refractivity (Wildman–Crippen MR) is 131 cm³/mol. The topological polar surface area (TPSA) is 37.4 Å². The van der Waals surface area contributed by atoms with Crippen LogP contribution in [0.2, 0.25) is 5.02 Å². The van der Waals surface area contributed by atoms with Crippen LogP contribution in [0.3, 0.4) is 0 Å². The van der Waals surface area contributed by atoms with Gasteiger partial charge in [0.2, 0.25) is 10.0 Å². The quantitative estimate of drug-likeness (QED) is 0.302. The number of thiophene rings is 2. The van der Waals surface area contributed by atoms with E-state index in [0.717, 1.165) is 15.6 Å². The molecule has 2 heterocycles. The minimum atomic E-state index is -3.58. The van der Waals surface area contributed by atoms with Crippen molar-refractivity contribution in [3.63, 3.8) is 0 Å². The molecule has 0 unspecified atom stereocenters. The third-order valence-corrected chi connectivity index (χ3v) is 8.72. The molecule has 4 rings (SSSR count). The summed E-state index contributed by atoms with van der Waals surface area (Å²) >= 11 is 9.86. The van der Waals surface area contributed by atoms with Crippen LogP contribution in [0.15, 0.2) is 60.0 Å². The molecule has 156 valence electrons. The van der Waals surface area contributed by atoms with E-state index in [2.05, 4.69) is 32.9 Å². The van der Waals surface area contributed by atoms with Gasteiger partial charge in [-0.25, -0.2) is 12.7 Å². The molecule has 2 aromatic carbocycles. The van der Waals surface area contributed by atoms with Gasteiger partial charge < -0.3 is 0 Å². The van der Waals surface area contributed by atoms with Crippen molar-refractivity contribution in [2.45, 2.75) is 26.2 Å². The van der Waals surface area contributed by atoms with Gasteiger partial charge in [-0.05, 0) is 77.9 Å². The van der Waals surface area contributed by atoms with Crippen LogP contribution in [0.5, 0.6) is 0 Å². The maximum Gasteiger partial charge on any atom is 0.236 e. The molecule has 0 atom stereocenters. The molecule has 0 N–H and O–H groups in total. The molecule has 0 bridgehead atoms. The fourth-order valence-corrected chi connectivity index (χ4v) is 6.55. The van der Waals surface area contributed by atoms with Gasteiger partial charge in [0.15, 0.2) is 0 Å². The van der Waals surface area contributed by atoms with Crippen molar-refractivity contribution in [1.29, 1.82) is 0 Å². The first kappa shape index (κ1) is 21.4. The van der Waals surface area contributed by atoms with E-state index < -0.39 is 10.0 Å². The van der Waals surface area contributed by atoms with Gasteiger partial charge in [-0.1, -0.05) is 25.4 Å². The molecule has 7 heteroatoms. The SMILES string of the molecule is Cc1ccc(C(C)(C)c2cc(Cl)cc(N(c3ccc4sccc4c3)S(C)(=O)=O)c2)s1. The Balaban J connectivity index is 1.88. The van der Waals surface area contributed by atoms with E-state index in [4.69, 9.17) is 11.6 Å². The molecular weight excluding hydrogens is 454 g/mol. The molecule has 4 aromatic rings. The molecule has 0 fully saturated rings. The van der Waals surface area contributed by atoms with E-state index >= 15 is 0 Å². The van der Waals surface area contributed by atoms with Crippen molar-refractivity contribution in [2.75, 3.05) is 10.6 Å². The largest absolute Gasteiger partial charge is 0.239 e. The standard InChI is InChI=1S/C23H22ClNO2S3/c1-15-5-8-22(29-15)23(2,3)17-12-18(24)14-20(13-17)25(30(4,26)27)19-6-7-21-16(11-19)9-10-28-21/h5-14H,1-4H3. The molecule has 0 saturated heterocycles. The second-order valence-electron chi connectivity index (χ2n) is 7.90. The molecule has 0 aliphatic carbocycles. The minimum Gasteiger partial charge on any atom is -0.239 e. The van der Waals surface area contributed by atoms with E-state index in [-0.39, 0.29) is 5.41 Å². The smallest absolute Gasteiger partial charge is 0.236 e. The van der Waals surface area contributed by atoms with Gasteiger partial charge in [-0.15, -0.1) is 22.7 Å². The van der Waals surface area contributed by atoms with Gasteiger partial charge in [0.05, 0.1) is 17.6 Å². The number of hydrogen-bond acceptors (Lipinski definition) is 4. The lowest BCUT2D eigenvalue weighted by atomic mass is 9.83. The normalized spacial score (nSPS) is 12.4. The lowest BCUT2D eigenvalue weighted by molar-refractivity contribution is 0.602. The van der Waals surface area contributed by atoms with Crippen LogP contribution in [0, 0.1) is 6.92 Å². The Morgan fingerprint density at radius 3 is 2.40 bits per heavy atom. The second kappa shape index (κ2) is 7.68. The summed E-state index contributed by atoms with van der Waals surface area (Å²) in [5.74, 6) is 0. The maximum atomic E-state index is 12.8. The highest BCUT2D eigenvalue weighted by atomic mass is 35.5. The average molecular weight is 476 g/mol. The van der Waals surface area contributed by atoms with Crippen LogP contribution in [0.1, 0.15) is 29.2 Å². The summed E-state index contributed by atoms with van der Waals surface area (Å²) < 4.78 is 28.2. The third kappa shape index (κ3) is 4.02. The van der Waals surface area contributed by atoms with Crippen molar-refractivity contribution >= 4 is 65.8 Å². The summed E-state index contributed by atoms with van der Waals surface area (Å²) in [6, 6.07) is 17.5. The second-order valence-corrected chi connectivity index (χ2v) is 12.4. The van der Waals surface area contributed by atoms with Gasteiger partial charge in [-0.2, -0.15) is 0 Å². The summed E-state index contributed by atoms with van der Waals surface area (Å²) in [4.78, 5) is 2.45. The first-order valence-corrected chi connectivity index (χ1v) is 13.3. The highest BCUT2D eigenvalue weighted by Gasteiger charge is 2.28. The lowest BCUT2D eigenvalue weighted by Gasteiger charge is -2.28. The summed E-state index contributed by atoms with van der Waals surface area (Å²) in [6.07, 6.45) is 1.22. The maximum absolute atomic E-state index is 12.8. The van der Waals surface area contributed by atoms with Crippen LogP contribution in [0.25, 0.3) is 10.1 Å². The van der Waals surface area contributed by atoms with Crippen LogP contribution in [0.4, 0.5) is 11.4 Å². The van der Waals surface area contributed by atoms with Crippen LogP contribution in [-0.4, -0.2) is 14.7 Å². The molecule has 0 aliphatic rings. The highest BCUT2D eigenvalue weighted by Crippen LogP contribution is 2.41. The van der Waals surface area contributed by atoms with E-state index in [1.54, 1.807) is 28.7 Å². The molecule has 3 nitrogen and oxygen atoms in total. The molecule has 0 saturated carbocycles. The van der Waals surface area contributed by atoms with Gasteiger partial charge in [0.25, 0.3) is 0 Å². The van der Waals surface area contributed by atoms with E-state index in [9.17, 15) is 8.42 Å². The number of hydrogen-bond donors (Lipinski definition) is 0. The van der Waals surface area contributed by atoms with Crippen molar-refractivity contribution in [1.82, 2.24) is 0 Å². The summed E-state index contributed by atoms with van der Waals surface area (Å²) in [6.45, 7) is 6.35. The molecule has 0 amide bonds. The zero-order chi connectivity index (χ0) is 21.7. The van der Waals surface area contributed by atoms with Crippen LogP contribution in [-0.2, 0) is 15.4 Å². The number of fused-ring (bicyclic) bond motifs is 1. The molecule has 30 heavy (non-hydrogen) atoms. The van der Waals surface area contributed by atoms with E-state index in [1.165, 1.54) is 20.3 Å². The summed E-state index contributed by atoms with van der Waals surface area (Å²) in [5, 5.41) is 3.53. The van der Waals surface area contributed by atoms with E-state index in [0.29, 0.717) is 16.4 Å². The van der Waals surface area contributed by atoms with E-state index in [1.807, 2.05) is 41.8 Å². The minimum absolute atomic E-state index is 0.306. The zero-order valence-corrected chi connectivity index (χ0v) is 20.3. The predicted octanol–water partition coefficient (Wildman–Crippen LogP) is 7.35. The highest BCUT2D eigenvalue weighted by molar-refractivity contribution is 7.92. The fraction of sp³-hybridized carbons (Fsp3) is 0.217. The number of aryl methyl sites for hydroxylation is 1. The average Bonchev–Trinajstić information content (AvgIpc) is 3.29. The van der Waals surface area contributed by atoms with Gasteiger partial charge in [0.1, 0.15) is 0 Å². The monoisotopic (exact) mass is 475 g/mol. The Bertz CT molecular complexity index is 1340. The fourth-order valence-electron chi connectivity index (χ4n) is 3.58. The van der Waals surface area contributed by atoms with Crippen molar-refractivity contribution < 1.29 is 8.42 Å². The van der Waals surface area contributed by atoms with Crippen molar-refractivity contribution in [2.24, 2.45) is 0 Å². The number of benzene rings is 2. The Hall–Kier alpha value is -1.86. The molecule has 0 spiro atoms. The molecular formula is C23H22ClNO2S3. The number of nitrogens with zero attached hydrogens (tertiary/aromatic N) is 1. The first-order chi connectivity index (χ1) is 14.1. The Kier molecular flexibility index (Phi) is 5.47. The zero-order valence-electron chi connectivity index (χ0n) is 17.1. The van der Waals surface area contributed by atoms with Crippen LogP contribution < -0.4 is 4.31 Å². The number of sulfonamides is 1. The Morgan fingerprint density at radius 1 is 0.967 bits per heavy atom. The number of anilines is 2. The third-order valence-electron chi connectivity index (χ3n) is 5.20. The Labute approximate surface area is 190 Å². The first-order valence-electron chi connectivity index (χ1n) is 9.41. The number of halogens is 1. The summed E-state index contributed by atoms with van der Waals surface area (Å²) in [7, 11) is -3.58. The van der Waals surface area contributed by atoms with Crippen molar-refractivity contribution in [3.05, 3.63) is 80.3 Å². The Morgan fingerprint density at radius 2 is 1.73 bits per heavy atom. The van der Waals surface area contributed by atoms with Crippen molar-refractivity contribution in [3.8, 4) is 0 Å². The van der Waals surface area contributed by atoms with Gasteiger partial charge >= 0.3 is 0 Å². The number of rotatable bonds is 5. The van der Waals surface area contributed by atoms with Crippen LogP contribution >= 0.6 is 34.3 Å². The van der Waals surface area contributed by atoms with Gasteiger partial charge in [-0.3, -0.25) is 0 Å². The lowest BCUT2D eigenvalue weighted by Crippen LogP contribution is -2.25. The van der Waals surface area contributed by atoms with Gasteiger partial charge in [0, 0.05) is 24.9 Å². The molecule has 0 radical (unpaired) electrons.